The average molecular weight is 236 g/mol. The van der Waals surface area contributed by atoms with Gasteiger partial charge in [-0.05, 0) is 31.2 Å². The summed E-state index contributed by atoms with van der Waals surface area (Å²) in [6.45, 7) is 4.39. The number of nitrogens with zero attached hydrogens (tertiary/aromatic N) is 2. The number of hydrogen-bond donors (Lipinski definition) is 2. The predicted molar refractivity (Wildman–Crippen MR) is 69.3 cm³/mol. The van der Waals surface area contributed by atoms with Crippen LogP contribution in [0.15, 0.2) is 6.07 Å². The number of aryl methyl sites for hydroxylation is 2. The van der Waals surface area contributed by atoms with Crippen LogP contribution in [-0.2, 0) is 13.5 Å². The Hall–Kier alpha value is -0.870. The number of aromatic nitrogens is 2. The topological polar surface area (TPSA) is 55.9 Å². The smallest absolute Gasteiger partial charge is 0.0596 e. The summed E-state index contributed by atoms with van der Waals surface area (Å²) < 4.78 is 1.97. The normalized spacial score (nSPS) is 20.7. The monoisotopic (exact) mass is 236 g/mol. The molecule has 0 radical (unpaired) electrons. The van der Waals surface area contributed by atoms with E-state index in [1.54, 1.807) is 0 Å². The van der Waals surface area contributed by atoms with Crippen LogP contribution >= 0.6 is 0 Å². The molecule has 1 heterocycles. The van der Waals surface area contributed by atoms with Gasteiger partial charge in [0.25, 0.3) is 0 Å². The van der Waals surface area contributed by atoms with E-state index in [4.69, 9.17) is 5.84 Å². The molecule has 0 spiro atoms. The highest BCUT2D eigenvalue weighted by atomic mass is 15.3. The molecule has 3 N–H and O–H groups in total. The van der Waals surface area contributed by atoms with E-state index in [9.17, 15) is 0 Å². The summed E-state index contributed by atoms with van der Waals surface area (Å²) in [7, 11) is 2.01. The first-order valence-electron chi connectivity index (χ1n) is 6.51. The molecule has 0 bridgehead atoms. The first-order valence-corrected chi connectivity index (χ1v) is 6.51. The molecule has 1 unspecified atom stereocenters. The Labute approximate surface area is 104 Å². The average Bonchev–Trinajstić information content (AvgIpc) is 2.83. The van der Waals surface area contributed by atoms with Gasteiger partial charge in [0.15, 0.2) is 0 Å². The van der Waals surface area contributed by atoms with E-state index in [2.05, 4.69) is 23.5 Å². The third kappa shape index (κ3) is 2.53. The van der Waals surface area contributed by atoms with Crippen LogP contribution in [0.2, 0.25) is 0 Å². The Morgan fingerprint density at radius 3 is 2.65 bits per heavy atom. The van der Waals surface area contributed by atoms with Crippen molar-refractivity contribution < 1.29 is 0 Å². The molecule has 0 aliphatic heterocycles. The number of hydrogen-bond acceptors (Lipinski definition) is 3. The third-order valence-electron chi connectivity index (χ3n) is 4.30. The maximum Gasteiger partial charge on any atom is 0.0596 e. The van der Waals surface area contributed by atoms with E-state index >= 15 is 0 Å². The van der Waals surface area contributed by atoms with Crippen molar-refractivity contribution in [2.45, 2.75) is 52.0 Å². The molecule has 0 saturated heterocycles. The quantitative estimate of drug-likeness (QED) is 0.618. The zero-order valence-electron chi connectivity index (χ0n) is 11.2. The van der Waals surface area contributed by atoms with E-state index in [0.29, 0.717) is 11.5 Å². The summed E-state index contributed by atoms with van der Waals surface area (Å²) in [5.74, 6) is 5.76. The van der Waals surface area contributed by atoms with Crippen molar-refractivity contribution in [2.75, 3.05) is 0 Å². The molecule has 1 aliphatic carbocycles. The highest BCUT2D eigenvalue weighted by Crippen LogP contribution is 2.41. The van der Waals surface area contributed by atoms with Crippen LogP contribution in [0.1, 0.15) is 44.0 Å². The third-order valence-corrected chi connectivity index (χ3v) is 4.30. The second-order valence-corrected chi connectivity index (χ2v) is 5.69. The van der Waals surface area contributed by atoms with Gasteiger partial charge in [0.05, 0.1) is 5.69 Å². The van der Waals surface area contributed by atoms with Crippen LogP contribution in [0, 0.1) is 12.3 Å². The van der Waals surface area contributed by atoms with Crippen molar-refractivity contribution in [2.24, 2.45) is 18.3 Å². The van der Waals surface area contributed by atoms with Gasteiger partial charge in [0.2, 0.25) is 0 Å². The molecule has 1 fully saturated rings. The van der Waals surface area contributed by atoms with Crippen LogP contribution in [-0.4, -0.2) is 15.8 Å². The molecule has 4 heteroatoms. The molecule has 0 amide bonds. The minimum Gasteiger partial charge on any atom is -0.272 e. The second-order valence-electron chi connectivity index (χ2n) is 5.69. The van der Waals surface area contributed by atoms with Crippen molar-refractivity contribution >= 4 is 0 Å². The van der Waals surface area contributed by atoms with Gasteiger partial charge in [-0.3, -0.25) is 16.0 Å². The molecule has 17 heavy (non-hydrogen) atoms. The molecule has 2 rings (SSSR count). The number of nitrogens with two attached hydrogens (primary N) is 1. The lowest BCUT2D eigenvalue weighted by molar-refractivity contribution is 0.218. The van der Waals surface area contributed by atoms with E-state index in [1.807, 2.05) is 18.7 Å². The van der Waals surface area contributed by atoms with Crippen molar-refractivity contribution in [3.05, 3.63) is 17.5 Å². The van der Waals surface area contributed by atoms with Gasteiger partial charge in [-0.2, -0.15) is 5.10 Å². The van der Waals surface area contributed by atoms with Gasteiger partial charge < -0.3 is 0 Å². The summed E-state index contributed by atoms with van der Waals surface area (Å²) in [6, 6.07) is 2.50. The van der Waals surface area contributed by atoms with Crippen LogP contribution in [0.3, 0.4) is 0 Å². The first kappa shape index (κ1) is 12.6. The molecule has 0 aromatic carbocycles. The van der Waals surface area contributed by atoms with Gasteiger partial charge >= 0.3 is 0 Å². The number of rotatable bonds is 4. The SMILES string of the molecule is Cc1cc(CC(NN)C2(C)CCCC2)n(C)n1. The Bertz CT molecular complexity index is 377. The van der Waals surface area contributed by atoms with Gasteiger partial charge in [0, 0.05) is 25.2 Å². The fraction of sp³-hybridized carbons (Fsp3) is 0.769. The first-order chi connectivity index (χ1) is 8.05. The Morgan fingerprint density at radius 1 is 1.53 bits per heavy atom. The zero-order valence-corrected chi connectivity index (χ0v) is 11.2. The Balaban J connectivity index is 2.12. The summed E-state index contributed by atoms with van der Waals surface area (Å²) in [5.41, 5.74) is 5.71. The Kier molecular flexibility index (Phi) is 3.54. The largest absolute Gasteiger partial charge is 0.272 e. The van der Waals surface area contributed by atoms with Crippen LogP contribution < -0.4 is 11.3 Å². The fourth-order valence-electron chi connectivity index (χ4n) is 3.10. The molecular weight excluding hydrogens is 212 g/mol. The maximum absolute atomic E-state index is 5.76. The van der Waals surface area contributed by atoms with Crippen molar-refractivity contribution in [1.29, 1.82) is 0 Å². The summed E-state index contributed by atoms with van der Waals surface area (Å²) >= 11 is 0. The minimum atomic E-state index is 0.340. The lowest BCUT2D eigenvalue weighted by atomic mass is 9.79. The van der Waals surface area contributed by atoms with Crippen molar-refractivity contribution in [1.82, 2.24) is 15.2 Å². The lowest BCUT2D eigenvalue weighted by Crippen LogP contribution is -2.47. The summed E-state index contributed by atoms with van der Waals surface area (Å²) in [5, 5.41) is 4.40. The van der Waals surface area contributed by atoms with E-state index in [0.717, 1.165) is 12.1 Å². The maximum atomic E-state index is 5.76. The number of nitrogens with one attached hydrogen (secondary N) is 1. The summed E-state index contributed by atoms with van der Waals surface area (Å²) in [6.07, 6.45) is 6.18. The predicted octanol–water partition coefficient (Wildman–Crippen LogP) is 1.68. The fourth-order valence-corrected chi connectivity index (χ4v) is 3.10. The van der Waals surface area contributed by atoms with Gasteiger partial charge in [0.1, 0.15) is 0 Å². The van der Waals surface area contributed by atoms with Crippen LogP contribution in [0.25, 0.3) is 0 Å². The molecule has 96 valence electrons. The van der Waals surface area contributed by atoms with Crippen molar-refractivity contribution in [3.8, 4) is 0 Å². The Morgan fingerprint density at radius 2 is 2.18 bits per heavy atom. The van der Waals surface area contributed by atoms with E-state index < -0.39 is 0 Å². The molecule has 1 saturated carbocycles. The molecule has 1 atom stereocenters. The minimum absolute atomic E-state index is 0.340. The molecule has 1 aromatic heterocycles. The highest BCUT2D eigenvalue weighted by Gasteiger charge is 2.36. The van der Waals surface area contributed by atoms with Gasteiger partial charge in [-0.1, -0.05) is 19.8 Å². The van der Waals surface area contributed by atoms with E-state index in [1.165, 1.54) is 31.4 Å². The standard InChI is InChI=1S/C13H24N4/c1-10-8-11(17(3)16-10)9-12(15-14)13(2)6-4-5-7-13/h8,12,15H,4-7,9,14H2,1-3H3. The van der Waals surface area contributed by atoms with Gasteiger partial charge in [-0.25, -0.2) is 0 Å². The molecule has 1 aliphatic rings. The molecular formula is C13H24N4. The van der Waals surface area contributed by atoms with E-state index in [-0.39, 0.29) is 0 Å². The van der Waals surface area contributed by atoms with Gasteiger partial charge in [-0.15, -0.1) is 0 Å². The van der Waals surface area contributed by atoms with Crippen LogP contribution in [0.4, 0.5) is 0 Å². The lowest BCUT2D eigenvalue weighted by Gasteiger charge is -2.33. The zero-order chi connectivity index (χ0) is 12.5. The van der Waals surface area contributed by atoms with Crippen molar-refractivity contribution in [3.63, 3.8) is 0 Å². The molecule has 4 nitrogen and oxygen atoms in total. The number of hydrazine groups is 1. The second kappa shape index (κ2) is 4.78. The highest BCUT2D eigenvalue weighted by molar-refractivity contribution is 5.11. The van der Waals surface area contributed by atoms with Crippen LogP contribution in [0.5, 0.6) is 0 Å². The summed E-state index contributed by atoms with van der Waals surface area (Å²) in [4.78, 5) is 0. The molecule has 1 aromatic rings.